The summed E-state index contributed by atoms with van der Waals surface area (Å²) in [6.45, 7) is 1.98. The van der Waals surface area contributed by atoms with Gasteiger partial charge in [0.25, 0.3) is 0 Å². The molecule has 0 bridgehead atoms. The van der Waals surface area contributed by atoms with Crippen molar-refractivity contribution in [3.63, 3.8) is 0 Å². The molecule has 2 N–H and O–H groups in total. The fraction of sp³-hybridized carbons (Fsp3) is 0.500. The monoisotopic (exact) mass is 346 g/mol. The van der Waals surface area contributed by atoms with E-state index in [9.17, 15) is 4.79 Å². The Hall–Kier alpha value is -2.84. The Morgan fingerprint density at radius 2 is 2.32 bits per heavy atom. The molecular formula is C16H22N6O3. The SMILES string of the molecule is CN=C(NCc1nc(-c2ccco2)n[nH]1)N1CCC(C(=O)OC)CC1. The van der Waals surface area contributed by atoms with Gasteiger partial charge >= 0.3 is 5.97 Å². The Morgan fingerprint density at radius 1 is 1.52 bits per heavy atom. The Bertz CT molecular complexity index is 716. The van der Waals surface area contributed by atoms with Crippen molar-refractivity contribution in [1.29, 1.82) is 0 Å². The standard InChI is InChI=1S/C16H22N6O3/c1-17-16(22-7-5-11(6-8-22)15(23)24-2)18-10-13-19-14(21-20-13)12-4-3-9-25-12/h3-4,9,11H,5-8,10H2,1-2H3,(H,17,18)(H,19,20,21). The molecule has 25 heavy (non-hydrogen) atoms. The van der Waals surface area contributed by atoms with Gasteiger partial charge in [-0.15, -0.1) is 5.10 Å². The van der Waals surface area contributed by atoms with Crippen LogP contribution in [0.15, 0.2) is 27.8 Å². The number of hydrogen-bond donors (Lipinski definition) is 2. The average molecular weight is 346 g/mol. The lowest BCUT2D eigenvalue weighted by Crippen LogP contribution is -2.46. The number of H-pyrrole nitrogens is 1. The molecule has 1 fully saturated rings. The smallest absolute Gasteiger partial charge is 0.308 e. The van der Waals surface area contributed by atoms with E-state index in [4.69, 9.17) is 9.15 Å². The van der Waals surface area contributed by atoms with Crippen LogP contribution >= 0.6 is 0 Å². The second kappa shape index (κ2) is 7.82. The number of furan rings is 1. The molecule has 2 aromatic heterocycles. The van der Waals surface area contributed by atoms with Gasteiger partial charge < -0.3 is 19.4 Å². The first-order valence-electron chi connectivity index (χ1n) is 8.20. The summed E-state index contributed by atoms with van der Waals surface area (Å²) in [7, 11) is 3.17. The molecule has 3 heterocycles. The molecule has 0 saturated carbocycles. The van der Waals surface area contributed by atoms with Crippen molar-refractivity contribution in [2.24, 2.45) is 10.9 Å². The van der Waals surface area contributed by atoms with Gasteiger partial charge in [-0.1, -0.05) is 0 Å². The topological polar surface area (TPSA) is 109 Å². The summed E-state index contributed by atoms with van der Waals surface area (Å²) < 4.78 is 10.1. The third-order valence-corrected chi connectivity index (χ3v) is 4.23. The molecule has 0 spiro atoms. The van der Waals surface area contributed by atoms with Crippen LogP contribution in [0.25, 0.3) is 11.6 Å². The fourth-order valence-corrected chi connectivity index (χ4v) is 2.88. The van der Waals surface area contributed by atoms with E-state index in [1.165, 1.54) is 7.11 Å². The van der Waals surface area contributed by atoms with Crippen LogP contribution in [0, 0.1) is 5.92 Å². The van der Waals surface area contributed by atoms with Gasteiger partial charge in [-0.2, -0.15) is 0 Å². The number of likely N-dealkylation sites (tertiary alicyclic amines) is 1. The van der Waals surface area contributed by atoms with Gasteiger partial charge in [0.2, 0.25) is 5.82 Å². The maximum absolute atomic E-state index is 11.6. The molecule has 0 unspecified atom stereocenters. The van der Waals surface area contributed by atoms with Crippen LogP contribution in [0.2, 0.25) is 0 Å². The molecule has 0 radical (unpaired) electrons. The number of nitrogens with zero attached hydrogens (tertiary/aromatic N) is 4. The maximum atomic E-state index is 11.6. The van der Waals surface area contributed by atoms with Crippen LogP contribution in [0.4, 0.5) is 0 Å². The second-order valence-electron chi connectivity index (χ2n) is 5.77. The number of hydrogen-bond acceptors (Lipinski definition) is 6. The Morgan fingerprint density at radius 3 is 2.96 bits per heavy atom. The Labute approximate surface area is 145 Å². The number of aromatic amines is 1. The highest BCUT2D eigenvalue weighted by Crippen LogP contribution is 2.18. The number of carbonyl (C=O) groups is 1. The third kappa shape index (κ3) is 3.98. The number of aromatic nitrogens is 3. The number of ether oxygens (including phenoxy) is 1. The molecular weight excluding hydrogens is 324 g/mol. The molecule has 2 aromatic rings. The lowest BCUT2D eigenvalue weighted by atomic mass is 9.97. The van der Waals surface area contributed by atoms with E-state index in [-0.39, 0.29) is 11.9 Å². The minimum absolute atomic E-state index is 0.0236. The molecule has 0 aromatic carbocycles. The van der Waals surface area contributed by atoms with E-state index in [0.29, 0.717) is 24.0 Å². The summed E-state index contributed by atoms with van der Waals surface area (Å²) in [5, 5.41) is 10.3. The maximum Gasteiger partial charge on any atom is 0.308 e. The normalized spacial score (nSPS) is 16.1. The summed E-state index contributed by atoms with van der Waals surface area (Å²) >= 11 is 0. The van der Waals surface area contributed by atoms with Crippen LogP contribution in [0.3, 0.4) is 0 Å². The second-order valence-corrected chi connectivity index (χ2v) is 5.77. The van der Waals surface area contributed by atoms with Crippen LogP contribution in [0.1, 0.15) is 18.7 Å². The molecule has 0 aliphatic carbocycles. The van der Waals surface area contributed by atoms with Crippen LogP contribution in [0.5, 0.6) is 0 Å². The number of guanidine groups is 1. The first-order valence-corrected chi connectivity index (χ1v) is 8.20. The van der Waals surface area contributed by atoms with Crippen molar-refractivity contribution in [3.05, 3.63) is 24.2 Å². The zero-order valence-corrected chi connectivity index (χ0v) is 14.4. The van der Waals surface area contributed by atoms with Crippen LogP contribution < -0.4 is 5.32 Å². The van der Waals surface area contributed by atoms with E-state index in [0.717, 1.165) is 31.9 Å². The zero-order chi connectivity index (χ0) is 17.6. The molecule has 0 amide bonds. The predicted molar refractivity (Wildman–Crippen MR) is 90.6 cm³/mol. The van der Waals surface area contributed by atoms with E-state index < -0.39 is 0 Å². The van der Waals surface area contributed by atoms with Crippen molar-refractivity contribution in [2.75, 3.05) is 27.2 Å². The summed E-state index contributed by atoms with van der Waals surface area (Å²) in [4.78, 5) is 22.4. The zero-order valence-electron chi connectivity index (χ0n) is 14.4. The molecule has 1 aliphatic rings. The van der Waals surface area contributed by atoms with Gasteiger partial charge in [0, 0.05) is 20.1 Å². The molecule has 1 aliphatic heterocycles. The number of nitrogens with one attached hydrogen (secondary N) is 2. The first kappa shape index (κ1) is 17.0. The lowest BCUT2D eigenvalue weighted by molar-refractivity contribution is -0.146. The highest BCUT2D eigenvalue weighted by atomic mass is 16.5. The van der Waals surface area contributed by atoms with E-state index >= 15 is 0 Å². The fourth-order valence-electron chi connectivity index (χ4n) is 2.88. The highest BCUT2D eigenvalue weighted by Gasteiger charge is 2.27. The van der Waals surface area contributed by atoms with Crippen molar-refractivity contribution in [3.8, 4) is 11.6 Å². The van der Waals surface area contributed by atoms with Crippen molar-refractivity contribution in [2.45, 2.75) is 19.4 Å². The van der Waals surface area contributed by atoms with Crippen LogP contribution in [-0.2, 0) is 16.1 Å². The van der Waals surface area contributed by atoms with Crippen molar-refractivity contribution in [1.82, 2.24) is 25.4 Å². The van der Waals surface area contributed by atoms with Gasteiger partial charge in [-0.25, -0.2) is 4.98 Å². The summed E-state index contributed by atoms with van der Waals surface area (Å²) in [5.41, 5.74) is 0. The number of piperidine rings is 1. The minimum atomic E-state index is -0.130. The van der Waals surface area contributed by atoms with Crippen molar-refractivity contribution < 1.29 is 13.9 Å². The Kier molecular flexibility index (Phi) is 5.32. The highest BCUT2D eigenvalue weighted by molar-refractivity contribution is 5.80. The van der Waals surface area contributed by atoms with Gasteiger partial charge in [-0.3, -0.25) is 14.9 Å². The molecule has 3 rings (SSSR count). The number of carbonyl (C=O) groups excluding carboxylic acids is 1. The molecule has 1 saturated heterocycles. The largest absolute Gasteiger partial charge is 0.469 e. The predicted octanol–water partition coefficient (Wildman–Crippen LogP) is 1.03. The van der Waals surface area contributed by atoms with E-state index in [1.807, 2.05) is 6.07 Å². The molecule has 9 heteroatoms. The minimum Gasteiger partial charge on any atom is -0.469 e. The van der Waals surface area contributed by atoms with E-state index in [1.54, 1.807) is 19.4 Å². The third-order valence-electron chi connectivity index (χ3n) is 4.23. The summed E-state index contributed by atoms with van der Waals surface area (Å²) in [5.74, 6) is 2.46. The van der Waals surface area contributed by atoms with Gasteiger partial charge in [0.1, 0.15) is 5.82 Å². The molecule has 9 nitrogen and oxygen atoms in total. The number of methoxy groups -OCH3 is 1. The van der Waals surface area contributed by atoms with Crippen LogP contribution in [-0.4, -0.2) is 59.3 Å². The van der Waals surface area contributed by atoms with Gasteiger partial charge in [0.05, 0.1) is 25.8 Å². The van der Waals surface area contributed by atoms with E-state index in [2.05, 4.69) is 30.4 Å². The summed E-state index contributed by atoms with van der Waals surface area (Å²) in [6, 6.07) is 3.61. The summed E-state index contributed by atoms with van der Waals surface area (Å²) in [6.07, 6.45) is 3.11. The quantitative estimate of drug-likeness (QED) is 0.483. The molecule has 0 atom stereocenters. The first-order chi connectivity index (χ1) is 12.2. The number of aliphatic imine (C=N–C) groups is 1. The number of esters is 1. The molecule has 134 valence electrons. The van der Waals surface area contributed by atoms with Gasteiger partial charge in [0.15, 0.2) is 11.7 Å². The Balaban J connectivity index is 1.53. The van der Waals surface area contributed by atoms with Crippen molar-refractivity contribution >= 4 is 11.9 Å². The van der Waals surface area contributed by atoms with Gasteiger partial charge in [-0.05, 0) is 25.0 Å². The lowest BCUT2D eigenvalue weighted by Gasteiger charge is -2.33. The average Bonchev–Trinajstić information content (AvgIpc) is 3.33. The number of rotatable bonds is 4.